The lowest BCUT2D eigenvalue weighted by Crippen LogP contribution is -2.28. The van der Waals surface area contributed by atoms with Crippen molar-refractivity contribution in [3.63, 3.8) is 0 Å². The number of ether oxygens (including phenoxy) is 2. The van der Waals surface area contributed by atoms with Gasteiger partial charge in [0.1, 0.15) is 10.5 Å². The van der Waals surface area contributed by atoms with Crippen LogP contribution in [0.4, 0.5) is 0 Å². The molecule has 0 aliphatic rings. The Morgan fingerprint density at radius 3 is 2.52 bits per heavy atom. The van der Waals surface area contributed by atoms with Crippen molar-refractivity contribution in [2.75, 3.05) is 13.7 Å². The summed E-state index contributed by atoms with van der Waals surface area (Å²) in [6.45, 7) is 4.32. The molecule has 0 aliphatic carbocycles. The normalized spacial score (nSPS) is 11.4. The van der Waals surface area contributed by atoms with Crippen molar-refractivity contribution in [3.05, 3.63) is 72.3 Å². The Morgan fingerprint density at radius 2 is 1.74 bits per heavy atom. The quantitative estimate of drug-likeness (QED) is 0.400. The summed E-state index contributed by atoms with van der Waals surface area (Å²) in [7, 11) is 1.41. The minimum atomic E-state index is -0.640. The fraction of sp³-hybridized carbons (Fsp3) is 0.261. The molecule has 3 aromatic rings. The molecule has 0 bridgehead atoms. The summed E-state index contributed by atoms with van der Waals surface area (Å²) in [5.41, 5.74) is 1.26. The second-order valence-corrected chi connectivity index (χ2v) is 8.55. The molecule has 0 aromatic heterocycles. The zero-order valence-corrected chi connectivity index (χ0v) is 16.7. The maximum Gasteiger partial charge on any atom is 0.321 e. The highest BCUT2D eigenvalue weighted by atomic mass is 32.2. The molecular weight excluding hydrogens is 356 g/mol. The van der Waals surface area contributed by atoms with Crippen molar-refractivity contribution in [1.82, 2.24) is 0 Å². The molecule has 0 amide bonds. The highest BCUT2D eigenvalue weighted by molar-refractivity contribution is 8.01. The summed E-state index contributed by atoms with van der Waals surface area (Å²) in [4.78, 5) is 12.9. The number of carbonyl (C=O) groups excluding carboxylic acids is 1. The largest absolute Gasteiger partial charge is 0.493 e. The highest BCUT2D eigenvalue weighted by Gasteiger charge is 2.30. The molecule has 0 radical (unpaired) electrons. The van der Waals surface area contributed by atoms with Gasteiger partial charge in [0, 0.05) is 11.3 Å². The number of fused-ring (bicyclic) bond motifs is 1. The molecule has 3 rings (SSSR count). The van der Waals surface area contributed by atoms with E-state index < -0.39 is 4.75 Å². The topological polar surface area (TPSA) is 35.5 Å². The van der Waals surface area contributed by atoms with Crippen LogP contribution in [0.15, 0.2) is 71.6 Å². The van der Waals surface area contributed by atoms with E-state index >= 15 is 0 Å². The third-order valence-corrected chi connectivity index (χ3v) is 5.50. The van der Waals surface area contributed by atoms with Crippen LogP contribution in [0.25, 0.3) is 10.8 Å². The first-order valence-electron chi connectivity index (χ1n) is 8.96. The number of methoxy groups -OCH3 is 1. The summed E-state index contributed by atoms with van der Waals surface area (Å²) in [6.07, 6.45) is 0.843. The summed E-state index contributed by atoms with van der Waals surface area (Å²) in [6, 6.07) is 22.7. The molecule has 4 heteroatoms. The summed E-state index contributed by atoms with van der Waals surface area (Å²) in [5, 5.41) is 2.50. The third-order valence-electron chi connectivity index (χ3n) is 4.33. The van der Waals surface area contributed by atoms with E-state index in [1.54, 1.807) is 0 Å². The van der Waals surface area contributed by atoms with Gasteiger partial charge in [-0.1, -0.05) is 48.5 Å². The number of carbonyl (C=O) groups is 1. The van der Waals surface area contributed by atoms with E-state index in [1.165, 1.54) is 35.2 Å². The smallest absolute Gasteiger partial charge is 0.321 e. The van der Waals surface area contributed by atoms with E-state index in [2.05, 4.69) is 42.5 Å². The van der Waals surface area contributed by atoms with Gasteiger partial charge in [0.05, 0.1) is 13.7 Å². The summed E-state index contributed by atoms with van der Waals surface area (Å²) in [5.74, 6) is 0.566. The lowest BCUT2D eigenvalue weighted by Gasteiger charge is -2.21. The van der Waals surface area contributed by atoms with Gasteiger partial charge < -0.3 is 9.47 Å². The predicted octanol–water partition coefficient (Wildman–Crippen LogP) is 5.51. The molecule has 3 aromatic carbocycles. The number of hydrogen-bond donors (Lipinski definition) is 0. The van der Waals surface area contributed by atoms with Crippen LogP contribution in [0, 0.1) is 0 Å². The van der Waals surface area contributed by atoms with E-state index in [0.717, 1.165) is 17.1 Å². The summed E-state index contributed by atoms with van der Waals surface area (Å²) >= 11 is 1.47. The van der Waals surface area contributed by atoms with E-state index in [9.17, 15) is 4.79 Å². The minimum Gasteiger partial charge on any atom is -0.493 e. The van der Waals surface area contributed by atoms with Crippen molar-refractivity contribution in [2.24, 2.45) is 0 Å². The zero-order valence-electron chi connectivity index (χ0n) is 15.9. The first-order valence-corrected chi connectivity index (χ1v) is 9.77. The number of benzene rings is 3. The first-order chi connectivity index (χ1) is 13.0. The highest BCUT2D eigenvalue weighted by Crippen LogP contribution is 2.35. The molecule has 0 atom stereocenters. The zero-order chi connectivity index (χ0) is 19.3. The second-order valence-electron chi connectivity index (χ2n) is 6.86. The Morgan fingerprint density at radius 1 is 0.963 bits per heavy atom. The second kappa shape index (κ2) is 8.49. The van der Waals surface area contributed by atoms with Crippen LogP contribution in [-0.2, 0) is 16.0 Å². The molecule has 0 unspecified atom stereocenters. The number of esters is 1. The van der Waals surface area contributed by atoms with Gasteiger partial charge in [0.2, 0.25) is 0 Å². The Balaban J connectivity index is 1.60. The van der Waals surface area contributed by atoms with E-state index in [-0.39, 0.29) is 5.97 Å². The molecule has 0 fully saturated rings. The molecule has 0 aliphatic heterocycles. The molecule has 0 heterocycles. The van der Waals surface area contributed by atoms with Crippen molar-refractivity contribution in [2.45, 2.75) is 29.9 Å². The average Bonchev–Trinajstić information content (AvgIpc) is 2.67. The van der Waals surface area contributed by atoms with Crippen LogP contribution in [0.3, 0.4) is 0 Å². The van der Waals surface area contributed by atoms with Gasteiger partial charge in [-0.3, -0.25) is 4.79 Å². The van der Waals surface area contributed by atoms with Crippen LogP contribution in [0.1, 0.15) is 19.4 Å². The van der Waals surface area contributed by atoms with Gasteiger partial charge in [0.25, 0.3) is 0 Å². The lowest BCUT2D eigenvalue weighted by molar-refractivity contribution is -0.142. The molecular formula is C23H24O3S. The molecule has 27 heavy (non-hydrogen) atoms. The Hall–Kier alpha value is -2.46. The van der Waals surface area contributed by atoms with Gasteiger partial charge >= 0.3 is 5.97 Å². The van der Waals surface area contributed by atoms with Gasteiger partial charge in [-0.25, -0.2) is 0 Å². The molecule has 0 saturated carbocycles. The average molecular weight is 381 g/mol. The third kappa shape index (κ3) is 5.04. The van der Waals surface area contributed by atoms with Gasteiger partial charge in [-0.05, 0) is 48.4 Å². The first kappa shape index (κ1) is 19.3. The van der Waals surface area contributed by atoms with Crippen molar-refractivity contribution >= 4 is 28.5 Å². The monoisotopic (exact) mass is 380 g/mol. The van der Waals surface area contributed by atoms with Crippen molar-refractivity contribution < 1.29 is 14.3 Å². The fourth-order valence-electron chi connectivity index (χ4n) is 2.89. The van der Waals surface area contributed by atoms with Crippen LogP contribution in [-0.4, -0.2) is 24.4 Å². The summed E-state index contributed by atoms with van der Waals surface area (Å²) < 4.78 is 10.2. The number of thioether (sulfide) groups is 1. The predicted molar refractivity (Wildman–Crippen MR) is 112 cm³/mol. The maximum absolute atomic E-state index is 11.9. The van der Waals surface area contributed by atoms with Crippen LogP contribution < -0.4 is 4.74 Å². The number of hydrogen-bond acceptors (Lipinski definition) is 4. The van der Waals surface area contributed by atoms with Gasteiger partial charge in [-0.2, -0.15) is 0 Å². The maximum atomic E-state index is 11.9. The fourth-order valence-corrected chi connectivity index (χ4v) is 3.97. The Bertz CT molecular complexity index is 934. The SMILES string of the molecule is COC(=O)C(C)(C)Sc1cccc(OCCc2ccc3ccccc3c2)c1. The van der Waals surface area contributed by atoms with Gasteiger partial charge in [0.15, 0.2) is 0 Å². The molecule has 0 saturated heterocycles. The molecule has 140 valence electrons. The standard InChI is InChI=1S/C23H24O3S/c1-23(2,22(24)25-3)27-21-10-6-9-20(16-21)26-14-13-17-11-12-18-7-4-5-8-19(18)15-17/h4-12,15-16H,13-14H2,1-3H3. The van der Waals surface area contributed by atoms with Crippen molar-refractivity contribution in [1.29, 1.82) is 0 Å². The van der Waals surface area contributed by atoms with E-state index in [0.29, 0.717) is 6.61 Å². The molecule has 0 N–H and O–H groups in total. The van der Waals surface area contributed by atoms with Crippen LogP contribution >= 0.6 is 11.8 Å². The van der Waals surface area contributed by atoms with Crippen molar-refractivity contribution in [3.8, 4) is 5.75 Å². The molecule has 0 spiro atoms. The van der Waals surface area contributed by atoms with Crippen LogP contribution in [0.5, 0.6) is 5.75 Å². The molecule has 3 nitrogen and oxygen atoms in total. The van der Waals surface area contributed by atoms with E-state index in [1.807, 2.05) is 38.1 Å². The number of rotatable bonds is 7. The van der Waals surface area contributed by atoms with E-state index in [4.69, 9.17) is 9.47 Å². The lowest BCUT2D eigenvalue weighted by atomic mass is 10.1. The van der Waals surface area contributed by atoms with Gasteiger partial charge in [-0.15, -0.1) is 11.8 Å². The van der Waals surface area contributed by atoms with Crippen LogP contribution in [0.2, 0.25) is 0 Å². The minimum absolute atomic E-state index is 0.241. The Kier molecular flexibility index (Phi) is 6.07. The Labute approximate surface area is 164 Å².